The summed E-state index contributed by atoms with van der Waals surface area (Å²) in [6, 6.07) is 16.7. The van der Waals surface area contributed by atoms with Gasteiger partial charge in [-0.25, -0.2) is 0 Å². The Balaban J connectivity index is 2.04. The molecule has 0 aliphatic rings. The van der Waals surface area contributed by atoms with Gasteiger partial charge in [-0.05, 0) is 36.6 Å². The minimum absolute atomic E-state index is 0.663. The molecule has 0 aliphatic carbocycles. The molecule has 4 rings (SSSR count). The monoisotopic (exact) mass is 315 g/mol. The van der Waals surface area contributed by atoms with E-state index in [1.54, 1.807) is 0 Å². The largest absolute Gasteiger partial charge is 0.339 e. The van der Waals surface area contributed by atoms with Crippen LogP contribution in [0.25, 0.3) is 33.2 Å². The standard InChI is InChI=1S/C21H21N3/c1-15(2)11-14-24-19-9-4-3-7-16(19)17-10-13-23-20(21(17)24)18-8-5-6-12-22-18/h3-10,12-13,15H,11,14H2,1-2H3. The molecule has 0 spiro atoms. The van der Waals surface area contributed by atoms with Crippen molar-refractivity contribution in [2.45, 2.75) is 26.8 Å². The van der Waals surface area contributed by atoms with E-state index in [0.29, 0.717) is 5.92 Å². The number of aryl methyl sites for hydroxylation is 1. The lowest BCUT2D eigenvalue weighted by Gasteiger charge is -2.11. The Hall–Kier alpha value is -2.68. The van der Waals surface area contributed by atoms with Crippen molar-refractivity contribution >= 4 is 21.8 Å². The van der Waals surface area contributed by atoms with Gasteiger partial charge in [0.2, 0.25) is 0 Å². The van der Waals surface area contributed by atoms with Crippen LogP contribution in [0.15, 0.2) is 60.9 Å². The molecular formula is C21H21N3. The van der Waals surface area contributed by atoms with Crippen molar-refractivity contribution in [3.63, 3.8) is 0 Å². The Morgan fingerprint density at radius 3 is 2.50 bits per heavy atom. The summed E-state index contributed by atoms with van der Waals surface area (Å²) in [6.45, 7) is 5.53. The maximum absolute atomic E-state index is 4.68. The smallest absolute Gasteiger partial charge is 0.113 e. The van der Waals surface area contributed by atoms with Gasteiger partial charge in [0.1, 0.15) is 5.69 Å². The maximum atomic E-state index is 4.68. The fraction of sp³-hybridized carbons (Fsp3) is 0.238. The third-order valence-electron chi connectivity index (χ3n) is 4.52. The summed E-state index contributed by atoms with van der Waals surface area (Å²) < 4.78 is 2.42. The average molecular weight is 315 g/mol. The van der Waals surface area contributed by atoms with Crippen LogP contribution in [0.3, 0.4) is 0 Å². The van der Waals surface area contributed by atoms with E-state index in [-0.39, 0.29) is 0 Å². The number of nitrogens with zero attached hydrogens (tertiary/aromatic N) is 3. The Labute approximate surface area is 142 Å². The van der Waals surface area contributed by atoms with Gasteiger partial charge >= 0.3 is 0 Å². The van der Waals surface area contributed by atoms with Crippen LogP contribution in [0.4, 0.5) is 0 Å². The molecule has 0 bridgehead atoms. The van der Waals surface area contributed by atoms with E-state index in [0.717, 1.165) is 24.4 Å². The van der Waals surface area contributed by atoms with Crippen LogP contribution in [0.5, 0.6) is 0 Å². The Bertz CT molecular complexity index is 984. The zero-order chi connectivity index (χ0) is 16.5. The third-order valence-corrected chi connectivity index (χ3v) is 4.52. The van der Waals surface area contributed by atoms with E-state index in [1.165, 1.54) is 21.8 Å². The van der Waals surface area contributed by atoms with Gasteiger partial charge in [0, 0.05) is 35.2 Å². The second kappa shape index (κ2) is 6.08. The summed E-state index contributed by atoms with van der Waals surface area (Å²) in [7, 11) is 0. The molecule has 0 fully saturated rings. The van der Waals surface area contributed by atoms with Crippen molar-refractivity contribution in [2.75, 3.05) is 0 Å². The van der Waals surface area contributed by atoms with Gasteiger partial charge in [-0.3, -0.25) is 9.97 Å². The first kappa shape index (κ1) is 14.9. The van der Waals surface area contributed by atoms with Crippen molar-refractivity contribution in [1.82, 2.24) is 14.5 Å². The molecule has 3 aromatic heterocycles. The highest BCUT2D eigenvalue weighted by molar-refractivity contribution is 6.11. The molecular weight excluding hydrogens is 294 g/mol. The SMILES string of the molecule is CC(C)CCn1c2ccccc2c2ccnc(-c3ccccn3)c21. The molecule has 0 saturated carbocycles. The van der Waals surface area contributed by atoms with Gasteiger partial charge in [0.25, 0.3) is 0 Å². The first-order valence-corrected chi connectivity index (χ1v) is 8.53. The van der Waals surface area contributed by atoms with Crippen LogP contribution in [0.1, 0.15) is 20.3 Å². The Morgan fingerprint density at radius 1 is 0.875 bits per heavy atom. The molecule has 3 nitrogen and oxygen atoms in total. The van der Waals surface area contributed by atoms with Crippen molar-refractivity contribution in [3.8, 4) is 11.4 Å². The lowest BCUT2D eigenvalue weighted by atomic mass is 10.1. The van der Waals surface area contributed by atoms with Gasteiger partial charge in [-0.15, -0.1) is 0 Å². The predicted molar refractivity (Wildman–Crippen MR) is 99.9 cm³/mol. The van der Waals surface area contributed by atoms with Gasteiger partial charge in [-0.2, -0.15) is 0 Å². The number of para-hydroxylation sites is 1. The quantitative estimate of drug-likeness (QED) is 0.512. The molecule has 0 N–H and O–H groups in total. The Morgan fingerprint density at radius 2 is 1.71 bits per heavy atom. The highest BCUT2D eigenvalue weighted by Gasteiger charge is 2.16. The van der Waals surface area contributed by atoms with Crippen LogP contribution in [-0.2, 0) is 6.54 Å². The number of pyridine rings is 2. The van der Waals surface area contributed by atoms with Crippen molar-refractivity contribution in [1.29, 1.82) is 0 Å². The summed E-state index contributed by atoms with van der Waals surface area (Å²) in [4.78, 5) is 9.21. The van der Waals surface area contributed by atoms with Gasteiger partial charge < -0.3 is 4.57 Å². The van der Waals surface area contributed by atoms with E-state index in [1.807, 2.05) is 30.6 Å². The number of fused-ring (bicyclic) bond motifs is 3. The number of rotatable bonds is 4. The van der Waals surface area contributed by atoms with Crippen LogP contribution in [-0.4, -0.2) is 14.5 Å². The van der Waals surface area contributed by atoms with E-state index < -0.39 is 0 Å². The molecule has 0 aliphatic heterocycles. The minimum Gasteiger partial charge on any atom is -0.339 e. The van der Waals surface area contributed by atoms with E-state index >= 15 is 0 Å². The van der Waals surface area contributed by atoms with Gasteiger partial charge in [0.15, 0.2) is 0 Å². The minimum atomic E-state index is 0.663. The van der Waals surface area contributed by atoms with Crippen molar-refractivity contribution < 1.29 is 0 Å². The molecule has 0 saturated heterocycles. The van der Waals surface area contributed by atoms with Crippen molar-refractivity contribution in [2.24, 2.45) is 5.92 Å². The fourth-order valence-electron chi connectivity index (χ4n) is 3.31. The molecule has 0 unspecified atom stereocenters. The van der Waals surface area contributed by atoms with E-state index in [2.05, 4.69) is 58.7 Å². The highest BCUT2D eigenvalue weighted by atomic mass is 15.0. The van der Waals surface area contributed by atoms with Crippen LogP contribution in [0.2, 0.25) is 0 Å². The predicted octanol–water partition coefficient (Wildman–Crippen LogP) is 5.30. The van der Waals surface area contributed by atoms with E-state index in [9.17, 15) is 0 Å². The maximum Gasteiger partial charge on any atom is 0.113 e. The fourth-order valence-corrected chi connectivity index (χ4v) is 3.31. The zero-order valence-electron chi connectivity index (χ0n) is 14.1. The topological polar surface area (TPSA) is 30.7 Å². The molecule has 3 heteroatoms. The molecule has 4 aromatic rings. The summed E-state index contributed by atoms with van der Waals surface area (Å²) in [5.41, 5.74) is 4.36. The molecule has 3 heterocycles. The van der Waals surface area contributed by atoms with Crippen LogP contribution < -0.4 is 0 Å². The molecule has 0 atom stereocenters. The van der Waals surface area contributed by atoms with Crippen LogP contribution >= 0.6 is 0 Å². The highest BCUT2D eigenvalue weighted by Crippen LogP contribution is 2.34. The third kappa shape index (κ3) is 2.46. The summed E-state index contributed by atoms with van der Waals surface area (Å²) in [5.74, 6) is 0.663. The first-order valence-electron chi connectivity index (χ1n) is 8.53. The molecule has 120 valence electrons. The summed E-state index contributed by atoms with van der Waals surface area (Å²) >= 11 is 0. The molecule has 24 heavy (non-hydrogen) atoms. The number of hydrogen-bond acceptors (Lipinski definition) is 2. The summed E-state index contributed by atoms with van der Waals surface area (Å²) in [6.07, 6.45) is 4.87. The normalized spacial score (nSPS) is 11.6. The van der Waals surface area contributed by atoms with Gasteiger partial charge in [0.05, 0.1) is 11.2 Å². The number of aromatic nitrogens is 3. The number of benzene rings is 1. The van der Waals surface area contributed by atoms with Crippen molar-refractivity contribution in [3.05, 3.63) is 60.9 Å². The number of hydrogen-bond donors (Lipinski definition) is 0. The van der Waals surface area contributed by atoms with Crippen LogP contribution in [0, 0.1) is 5.92 Å². The Kier molecular flexibility index (Phi) is 3.77. The lowest BCUT2D eigenvalue weighted by Crippen LogP contribution is -2.03. The molecule has 0 amide bonds. The molecule has 0 radical (unpaired) electrons. The average Bonchev–Trinajstić information content (AvgIpc) is 2.95. The zero-order valence-corrected chi connectivity index (χ0v) is 14.1. The van der Waals surface area contributed by atoms with Gasteiger partial charge in [-0.1, -0.05) is 38.1 Å². The van der Waals surface area contributed by atoms with E-state index in [4.69, 9.17) is 0 Å². The second-order valence-electron chi connectivity index (χ2n) is 6.62. The summed E-state index contributed by atoms with van der Waals surface area (Å²) in [5, 5.41) is 2.54. The molecule has 1 aromatic carbocycles. The first-order chi connectivity index (χ1) is 11.8. The second-order valence-corrected chi connectivity index (χ2v) is 6.62. The lowest BCUT2D eigenvalue weighted by molar-refractivity contribution is 0.531.